The van der Waals surface area contributed by atoms with Gasteiger partial charge in [0.1, 0.15) is 0 Å². The van der Waals surface area contributed by atoms with Crippen molar-refractivity contribution < 1.29 is 0 Å². The molecule has 94 valence electrons. The molecule has 0 spiro atoms. The predicted octanol–water partition coefficient (Wildman–Crippen LogP) is 2.34. The lowest BCUT2D eigenvalue weighted by molar-refractivity contribution is 0.550. The second-order valence-electron chi connectivity index (χ2n) is 4.23. The Morgan fingerprint density at radius 2 is 1.65 bits per heavy atom. The van der Waals surface area contributed by atoms with Crippen molar-refractivity contribution in [1.29, 1.82) is 0 Å². The molecule has 0 aliphatic carbocycles. The first kappa shape index (κ1) is 12.4. The maximum Gasteiger partial charge on any atom is 0.231 e. The molecule has 1 aromatic rings. The summed E-state index contributed by atoms with van der Waals surface area (Å²) in [6, 6.07) is 0. The SMILES string of the molecule is CNc1nc(Cl)nc(N2CCCCCCC2)n1. The number of hydrogen-bond donors (Lipinski definition) is 1. The second kappa shape index (κ2) is 6.00. The third kappa shape index (κ3) is 3.43. The van der Waals surface area contributed by atoms with Crippen molar-refractivity contribution in [3.05, 3.63) is 5.28 Å². The first-order valence-corrected chi connectivity index (χ1v) is 6.51. The lowest BCUT2D eigenvalue weighted by Gasteiger charge is -2.24. The minimum Gasteiger partial charge on any atom is -0.357 e. The summed E-state index contributed by atoms with van der Waals surface area (Å²) >= 11 is 5.89. The fraction of sp³-hybridized carbons (Fsp3) is 0.727. The van der Waals surface area contributed by atoms with E-state index in [-0.39, 0.29) is 5.28 Å². The summed E-state index contributed by atoms with van der Waals surface area (Å²) in [5.74, 6) is 1.22. The molecule has 0 radical (unpaired) electrons. The number of anilines is 2. The smallest absolute Gasteiger partial charge is 0.231 e. The maximum absolute atomic E-state index is 5.89. The third-order valence-corrected chi connectivity index (χ3v) is 3.13. The molecular formula is C11H18ClN5. The number of aromatic nitrogens is 3. The average molecular weight is 256 g/mol. The maximum atomic E-state index is 5.89. The second-order valence-corrected chi connectivity index (χ2v) is 4.57. The zero-order chi connectivity index (χ0) is 12.1. The lowest BCUT2D eigenvalue weighted by Crippen LogP contribution is -2.29. The summed E-state index contributed by atoms with van der Waals surface area (Å²) in [7, 11) is 1.78. The van der Waals surface area contributed by atoms with Crippen molar-refractivity contribution in [2.75, 3.05) is 30.4 Å². The highest BCUT2D eigenvalue weighted by atomic mass is 35.5. The molecule has 0 amide bonds. The van der Waals surface area contributed by atoms with Crippen LogP contribution < -0.4 is 10.2 Å². The largest absolute Gasteiger partial charge is 0.357 e. The van der Waals surface area contributed by atoms with Crippen molar-refractivity contribution in [2.45, 2.75) is 32.1 Å². The van der Waals surface area contributed by atoms with Gasteiger partial charge in [0, 0.05) is 20.1 Å². The van der Waals surface area contributed by atoms with E-state index < -0.39 is 0 Å². The summed E-state index contributed by atoms with van der Waals surface area (Å²) in [6.07, 6.45) is 6.30. The zero-order valence-electron chi connectivity index (χ0n) is 10.1. The highest BCUT2D eigenvalue weighted by molar-refractivity contribution is 6.28. The van der Waals surface area contributed by atoms with Crippen LogP contribution in [0.5, 0.6) is 0 Å². The highest BCUT2D eigenvalue weighted by Gasteiger charge is 2.13. The van der Waals surface area contributed by atoms with E-state index in [0.717, 1.165) is 13.1 Å². The van der Waals surface area contributed by atoms with E-state index in [9.17, 15) is 0 Å². The lowest BCUT2D eigenvalue weighted by atomic mass is 10.1. The van der Waals surface area contributed by atoms with Gasteiger partial charge in [0.05, 0.1) is 0 Å². The molecule has 2 heterocycles. The molecule has 5 nitrogen and oxygen atoms in total. The molecule has 2 rings (SSSR count). The molecule has 0 aromatic carbocycles. The quantitative estimate of drug-likeness (QED) is 0.879. The van der Waals surface area contributed by atoms with Crippen LogP contribution in [0.3, 0.4) is 0 Å². The van der Waals surface area contributed by atoms with Crippen LogP contribution in [0.2, 0.25) is 5.28 Å². The van der Waals surface area contributed by atoms with Crippen LogP contribution in [-0.4, -0.2) is 35.1 Å². The Kier molecular flexibility index (Phi) is 4.36. The van der Waals surface area contributed by atoms with Crippen LogP contribution in [0.4, 0.5) is 11.9 Å². The summed E-state index contributed by atoms with van der Waals surface area (Å²) in [5, 5.41) is 3.15. The van der Waals surface area contributed by atoms with Crippen LogP contribution >= 0.6 is 11.6 Å². The molecule has 1 aliphatic rings. The number of nitrogens with zero attached hydrogens (tertiary/aromatic N) is 4. The van der Waals surface area contributed by atoms with Crippen LogP contribution in [0.25, 0.3) is 0 Å². The molecule has 0 saturated carbocycles. The monoisotopic (exact) mass is 255 g/mol. The van der Waals surface area contributed by atoms with Crippen LogP contribution in [0, 0.1) is 0 Å². The van der Waals surface area contributed by atoms with E-state index in [4.69, 9.17) is 11.6 Å². The standard InChI is InChI=1S/C11H18ClN5/c1-13-10-14-9(12)15-11(16-10)17-7-5-3-2-4-6-8-17/h2-8H2,1H3,(H,13,14,15,16). The molecule has 1 saturated heterocycles. The fourth-order valence-electron chi connectivity index (χ4n) is 2.04. The van der Waals surface area contributed by atoms with E-state index in [0.29, 0.717) is 11.9 Å². The van der Waals surface area contributed by atoms with Crippen molar-refractivity contribution in [2.24, 2.45) is 0 Å². The van der Waals surface area contributed by atoms with Gasteiger partial charge in [0.15, 0.2) is 0 Å². The molecule has 0 atom stereocenters. The highest BCUT2D eigenvalue weighted by Crippen LogP contribution is 2.17. The van der Waals surface area contributed by atoms with Gasteiger partial charge in [-0.25, -0.2) is 0 Å². The van der Waals surface area contributed by atoms with Gasteiger partial charge in [-0.05, 0) is 24.4 Å². The minimum atomic E-state index is 0.251. The van der Waals surface area contributed by atoms with Crippen molar-refractivity contribution in [1.82, 2.24) is 15.0 Å². The Morgan fingerprint density at radius 1 is 1.00 bits per heavy atom. The third-order valence-electron chi connectivity index (χ3n) is 2.96. The normalized spacial score (nSPS) is 17.4. The number of nitrogens with one attached hydrogen (secondary N) is 1. The van der Waals surface area contributed by atoms with Gasteiger partial charge in [-0.3, -0.25) is 0 Å². The molecular weight excluding hydrogens is 238 g/mol. The average Bonchev–Trinajstić information content (AvgIpc) is 2.27. The molecule has 0 bridgehead atoms. The van der Waals surface area contributed by atoms with E-state index in [1.165, 1.54) is 32.1 Å². The van der Waals surface area contributed by atoms with Crippen molar-refractivity contribution in [3.63, 3.8) is 0 Å². The van der Waals surface area contributed by atoms with Crippen LogP contribution in [0.15, 0.2) is 0 Å². The summed E-state index contributed by atoms with van der Waals surface area (Å²) in [4.78, 5) is 14.8. The summed E-state index contributed by atoms with van der Waals surface area (Å²) in [5.41, 5.74) is 0. The Morgan fingerprint density at radius 3 is 2.29 bits per heavy atom. The first-order chi connectivity index (χ1) is 8.29. The molecule has 1 aromatic heterocycles. The van der Waals surface area contributed by atoms with Crippen LogP contribution in [-0.2, 0) is 0 Å². The Balaban J connectivity index is 2.15. The van der Waals surface area contributed by atoms with Gasteiger partial charge in [-0.15, -0.1) is 0 Å². The van der Waals surface area contributed by atoms with Crippen molar-refractivity contribution in [3.8, 4) is 0 Å². The number of hydrogen-bond acceptors (Lipinski definition) is 5. The number of rotatable bonds is 2. The predicted molar refractivity (Wildman–Crippen MR) is 69.7 cm³/mol. The molecule has 1 fully saturated rings. The van der Waals surface area contributed by atoms with Gasteiger partial charge in [-0.2, -0.15) is 15.0 Å². The van der Waals surface area contributed by atoms with E-state index in [1.807, 2.05) is 0 Å². The summed E-state index contributed by atoms with van der Waals surface area (Å²) < 4.78 is 0. The minimum absolute atomic E-state index is 0.251. The van der Waals surface area contributed by atoms with Crippen LogP contribution in [0.1, 0.15) is 32.1 Å². The van der Waals surface area contributed by atoms with E-state index >= 15 is 0 Å². The molecule has 17 heavy (non-hydrogen) atoms. The topological polar surface area (TPSA) is 53.9 Å². The Labute approximate surface area is 107 Å². The van der Waals surface area contributed by atoms with Gasteiger partial charge in [-0.1, -0.05) is 19.3 Å². The van der Waals surface area contributed by atoms with E-state index in [1.54, 1.807) is 7.05 Å². The van der Waals surface area contributed by atoms with Gasteiger partial charge < -0.3 is 10.2 Å². The Bertz CT molecular complexity index is 363. The van der Waals surface area contributed by atoms with Gasteiger partial charge in [0.2, 0.25) is 17.2 Å². The molecule has 0 unspecified atom stereocenters. The Hall–Kier alpha value is -1.10. The fourth-order valence-corrected chi connectivity index (χ4v) is 2.20. The van der Waals surface area contributed by atoms with E-state index in [2.05, 4.69) is 25.2 Å². The molecule has 1 N–H and O–H groups in total. The zero-order valence-corrected chi connectivity index (χ0v) is 10.9. The number of halogens is 1. The van der Waals surface area contributed by atoms with Gasteiger partial charge >= 0.3 is 0 Å². The first-order valence-electron chi connectivity index (χ1n) is 6.14. The van der Waals surface area contributed by atoms with Gasteiger partial charge in [0.25, 0.3) is 0 Å². The van der Waals surface area contributed by atoms with Crippen molar-refractivity contribution >= 4 is 23.5 Å². The molecule has 6 heteroatoms. The summed E-state index contributed by atoms with van der Waals surface area (Å²) in [6.45, 7) is 2.01. The molecule has 1 aliphatic heterocycles.